The second-order valence-corrected chi connectivity index (χ2v) is 7.05. The van der Waals surface area contributed by atoms with E-state index in [2.05, 4.69) is 47.8 Å². The Bertz CT molecular complexity index is 781. The molecule has 1 unspecified atom stereocenters. The fraction of sp³-hybridized carbons (Fsp3) is 0.524. The summed E-state index contributed by atoms with van der Waals surface area (Å²) >= 11 is 0. The van der Waals surface area contributed by atoms with Gasteiger partial charge in [0, 0.05) is 32.0 Å². The smallest absolute Gasteiger partial charge is 0.191 e. The molecule has 2 N–H and O–H groups in total. The average Bonchev–Trinajstić information content (AvgIpc) is 3.35. The molecule has 1 aliphatic rings. The molecule has 1 aromatic carbocycles. The SMILES string of the molecule is CCNC(=NCc1ccc(C)cc1OCC1CCCO1)NCc1ccnn1C. The third kappa shape index (κ3) is 5.73. The van der Waals surface area contributed by atoms with Crippen molar-refractivity contribution in [2.24, 2.45) is 12.0 Å². The number of ether oxygens (including phenoxy) is 2. The molecule has 2 aromatic rings. The standard InChI is InChI=1S/C21H31N5O2/c1-4-22-21(24-14-18-9-10-25-26(18)3)23-13-17-8-7-16(2)12-20(17)28-15-19-6-5-11-27-19/h7-10,12,19H,4-6,11,13-15H2,1-3H3,(H2,22,23,24). The van der Waals surface area contributed by atoms with Gasteiger partial charge in [-0.3, -0.25) is 4.68 Å². The normalized spacial score (nSPS) is 17.0. The zero-order chi connectivity index (χ0) is 19.8. The van der Waals surface area contributed by atoms with E-state index in [1.54, 1.807) is 6.20 Å². The Morgan fingerprint density at radius 1 is 1.36 bits per heavy atom. The summed E-state index contributed by atoms with van der Waals surface area (Å²) in [7, 11) is 1.94. The predicted molar refractivity (Wildman–Crippen MR) is 111 cm³/mol. The van der Waals surface area contributed by atoms with Crippen molar-refractivity contribution >= 4 is 5.96 Å². The lowest BCUT2D eigenvalue weighted by Crippen LogP contribution is -2.37. The van der Waals surface area contributed by atoms with Gasteiger partial charge < -0.3 is 20.1 Å². The maximum absolute atomic E-state index is 6.08. The lowest BCUT2D eigenvalue weighted by Gasteiger charge is -2.15. The summed E-state index contributed by atoms with van der Waals surface area (Å²) in [5, 5.41) is 10.8. The first-order valence-corrected chi connectivity index (χ1v) is 9.98. The number of aromatic nitrogens is 2. The Labute approximate surface area is 167 Å². The molecule has 1 atom stereocenters. The predicted octanol–water partition coefficient (Wildman–Crippen LogP) is 2.54. The first kappa shape index (κ1) is 20.2. The van der Waals surface area contributed by atoms with Crippen LogP contribution in [0.1, 0.15) is 36.6 Å². The summed E-state index contributed by atoms with van der Waals surface area (Å²) in [6.07, 6.45) is 4.19. The molecule has 1 fully saturated rings. The van der Waals surface area contributed by atoms with Crippen LogP contribution >= 0.6 is 0 Å². The summed E-state index contributed by atoms with van der Waals surface area (Å²) < 4.78 is 13.6. The molecular weight excluding hydrogens is 354 g/mol. The summed E-state index contributed by atoms with van der Waals surface area (Å²) in [5.74, 6) is 1.66. The highest BCUT2D eigenvalue weighted by Crippen LogP contribution is 2.23. The number of rotatable bonds is 8. The van der Waals surface area contributed by atoms with Crippen molar-refractivity contribution in [3.63, 3.8) is 0 Å². The van der Waals surface area contributed by atoms with Crippen molar-refractivity contribution in [3.05, 3.63) is 47.3 Å². The number of nitrogens with zero attached hydrogens (tertiary/aromatic N) is 3. The zero-order valence-electron chi connectivity index (χ0n) is 17.1. The molecule has 0 radical (unpaired) electrons. The molecular formula is C21H31N5O2. The molecule has 0 saturated carbocycles. The van der Waals surface area contributed by atoms with Crippen LogP contribution in [0.3, 0.4) is 0 Å². The van der Waals surface area contributed by atoms with Crippen LogP contribution in [0.25, 0.3) is 0 Å². The van der Waals surface area contributed by atoms with E-state index < -0.39 is 0 Å². The summed E-state index contributed by atoms with van der Waals surface area (Å²) in [4.78, 5) is 4.74. The van der Waals surface area contributed by atoms with Crippen molar-refractivity contribution < 1.29 is 9.47 Å². The molecule has 0 aliphatic carbocycles. The van der Waals surface area contributed by atoms with Crippen LogP contribution in [0.4, 0.5) is 0 Å². The zero-order valence-corrected chi connectivity index (χ0v) is 17.1. The summed E-state index contributed by atoms with van der Waals surface area (Å²) in [6.45, 7) is 7.58. The summed E-state index contributed by atoms with van der Waals surface area (Å²) in [5.41, 5.74) is 3.35. The van der Waals surface area contributed by atoms with Crippen LogP contribution in [0.5, 0.6) is 5.75 Å². The highest BCUT2D eigenvalue weighted by atomic mass is 16.5. The molecule has 0 spiro atoms. The third-order valence-corrected chi connectivity index (χ3v) is 4.78. The molecule has 152 valence electrons. The van der Waals surface area contributed by atoms with Gasteiger partial charge in [0.15, 0.2) is 5.96 Å². The molecule has 7 nitrogen and oxygen atoms in total. The molecule has 2 heterocycles. The summed E-state index contributed by atoms with van der Waals surface area (Å²) in [6, 6.07) is 8.26. The van der Waals surface area contributed by atoms with E-state index in [4.69, 9.17) is 14.5 Å². The number of hydrogen-bond donors (Lipinski definition) is 2. The van der Waals surface area contributed by atoms with Gasteiger partial charge in [0.2, 0.25) is 0 Å². The minimum Gasteiger partial charge on any atom is -0.491 e. The van der Waals surface area contributed by atoms with Crippen LogP contribution in [0.2, 0.25) is 0 Å². The monoisotopic (exact) mass is 385 g/mol. The van der Waals surface area contributed by atoms with Crippen LogP contribution in [0.15, 0.2) is 35.5 Å². The van der Waals surface area contributed by atoms with Gasteiger partial charge in [-0.25, -0.2) is 4.99 Å². The van der Waals surface area contributed by atoms with E-state index in [1.807, 2.05) is 17.8 Å². The molecule has 1 aliphatic heterocycles. The highest BCUT2D eigenvalue weighted by molar-refractivity contribution is 5.79. The Kier molecular flexibility index (Phi) is 7.31. The van der Waals surface area contributed by atoms with Crippen LogP contribution < -0.4 is 15.4 Å². The maximum Gasteiger partial charge on any atom is 0.191 e. The Hall–Kier alpha value is -2.54. The van der Waals surface area contributed by atoms with Gasteiger partial charge in [-0.2, -0.15) is 5.10 Å². The van der Waals surface area contributed by atoms with Crippen LogP contribution in [-0.4, -0.2) is 41.6 Å². The number of aryl methyl sites for hydroxylation is 2. The van der Waals surface area contributed by atoms with E-state index in [-0.39, 0.29) is 6.10 Å². The molecule has 7 heteroatoms. The number of benzene rings is 1. The highest BCUT2D eigenvalue weighted by Gasteiger charge is 2.17. The Morgan fingerprint density at radius 2 is 2.25 bits per heavy atom. The van der Waals surface area contributed by atoms with Crippen molar-refractivity contribution in [1.29, 1.82) is 0 Å². The Balaban J connectivity index is 1.64. The molecule has 1 saturated heterocycles. The number of guanidine groups is 1. The van der Waals surface area contributed by atoms with E-state index in [1.165, 1.54) is 5.56 Å². The minimum atomic E-state index is 0.203. The fourth-order valence-corrected chi connectivity index (χ4v) is 3.14. The largest absolute Gasteiger partial charge is 0.491 e. The first-order chi connectivity index (χ1) is 13.7. The van der Waals surface area contributed by atoms with Gasteiger partial charge in [-0.1, -0.05) is 12.1 Å². The first-order valence-electron chi connectivity index (χ1n) is 9.98. The van der Waals surface area contributed by atoms with Crippen molar-refractivity contribution in [1.82, 2.24) is 20.4 Å². The van der Waals surface area contributed by atoms with E-state index in [0.717, 1.165) is 49.0 Å². The maximum atomic E-state index is 6.08. The number of hydrogen-bond acceptors (Lipinski definition) is 4. The molecule has 3 rings (SSSR count). The van der Waals surface area contributed by atoms with E-state index >= 15 is 0 Å². The number of nitrogens with one attached hydrogen (secondary N) is 2. The quantitative estimate of drug-likeness (QED) is 0.540. The topological polar surface area (TPSA) is 72.7 Å². The van der Waals surface area contributed by atoms with Gasteiger partial charge in [-0.05, 0) is 44.4 Å². The van der Waals surface area contributed by atoms with Gasteiger partial charge in [0.05, 0.1) is 24.9 Å². The van der Waals surface area contributed by atoms with Crippen molar-refractivity contribution in [2.75, 3.05) is 19.8 Å². The number of aliphatic imine (C=N–C) groups is 1. The lowest BCUT2D eigenvalue weighted by molar-refractivity contribution is 0.0676. The molecule has 28 heavy (non-hydrogen) atoms. The van der Waals surface area contributed by atoms with Crippen molar-refractivity contribution in [3.8, 4) is 5.75 Å². The minimum absolute atomic E-state index is 0.203. The van der Waals surface area contributed by atoms with Crippen LogP contribution in [0, 0.1) is 6.92 Å². The lowest BCUT2D eigenvalue weighted by atomic mass is 10.1. The molecule has 1 aromatic heterocycles. The second-order valence-electron chi connectivity index (χ2n) is 7.05. The molecule has 0 amide bonds. The van der Waals surface area contributed by atoms with Crippen molar-refractivity contribution in [2.45, 2.75) is 45.9 Å². The van der Waals surface area contributed by atoms with Gasteiger partial charge >= 0.3 is 0 Å². The third-order valence-electron chi connectivity index (χ3n) is 4.78. The average molecular weight is 386 g/mol. The Morgan fingerprint density at radius 3 is 2.96 bits per heavy atom. The van der Waals surface area contributed by atoms with Crippen LogP contribution in [-0.2, 0) is 24.9 Å². The van der Waals surface area contributed by atoms with E-state index in [0.29, 0.717) is 19.7 Å². The van der Waals surface area contributed by atoms with E-state index in [9.17, 15) is 0 Å². The fourth-order valence-electron chi connectivity index (χ4n) is 3.14. The van der Waals surface area contributed by atoms with Gasteiger partial charge in [-0.15, -0.1) is 0 Å². The second kappa shape index (κ2) is 10.1. The molecule has 0 bridgehead atoms. The van der Waals surface area contributed by atoms with Gasteiger partial charge in [0.25, 0.3) is 0 Å². The van der Waals surface area contributed by atoms with Gasteiger partial charge in [0.1, 0.15) is 12.4 Å².